The van der Waals surface area contributed by atoms with Crippen LogP contribution in [0.15, 0.2) is 54.1 Å². The lowest BCUT2D eigenvalue weighted by molar-refractivity contribution is -0.140. The van der Waals surface area contributed by atoms with Crippen molar-refractivity contribution in [1.29, 1.82) is 0 Å². The quantitative estimate of drug-likeness (QED) is 0.468. The highest BCUT2D eigenvalue weighted by molar-refractivity contribution is 6.46. The molecule has 0 aromatic heterocycles. The summed E-state index contributed by atoms with van der Waals surface area (Å²) in [5.74, 6) is -1.24. The summed E-state index contributed by atoms with van der Waals surface area (Å²) in [6, 6.07) is 12.4. The lowest BCUT2D eigenvalue weighted by atomic mass is 9.95. The number of hydrogen-bond acceptors (Lipinski definition) is 5. The van der Waals surface area contributed by atoms with Gasteiger partial charge in [-0.1, -0.05) is 23.7 Å². The van der Waals surface area contributed by atoms with Crippen LogP contribution in [0, 0.1) is 0 Å². The van der Waals surface area contributed by atoms with Crippen LogP contribution in [0.3, 0.4) is 0 Å². The fraction of sp³-hybridized carbons (Fsp3) is 0.200. The lowest BCUT2D eigenvalue weighted by Gasteiger charge is -2.24. The van der Waals surface area contributed by atoms with Crippen molar-refractivity contribution in [1.82, 2.24) is 4.90 Å². The summed E-state index contributed by atoms with van der Waals surface area (Å²) in [6.45, 7) is -0.336. The van der Waals surface area contributed by atoms with Gasteiger partial charge in [0.05, 0.1) is 25.3 Å². The Morgan fingerprint density at radius 2 is 1.74 bits per heavy atom. The molecule has 1 aliphatic heterocycles. The van der Waals surface area contributed by atoms with Crippen LogP contribution in [0.1, 0.15) is 17.2 Å². The van der Waals surface area contributed by atoms with Gasteiger partial charge in [-0.25, -0.2) is 0 Å². The summed E-state index contributed by atoms with van der Waals surface area (Å²) in [4.78, 5) is 26.4. The number of likely N-dealkylation sites (tertiary alicyclic amines) is 1. The summed E-state index contributed by atoms with van der Waals surface area (Å²) in [7, 11) is 1.52. The molecule has 2 N–H and O–H groups in total. The number of aliphatic hydroxyl groups is 2. The van der Waals surface area contributed by atoms with Crippen molar-refractivity contribution in [3.8, 4) is 5.75 Å². The van der Waals surface area contributed by atoms with E-state index < -0.39 is 17.7 Å². The smallest absolute Gasteiger partial charge is 0.295 e. The highest BCUT2D eigenvalue weighted by Gasteiger charge is 2.45. The van der Waals surface area contributed by atoms with E-state index in [4.69, 9.17) is 16.3 Å². The van der Waals surface area contributed by atoms with Crippen molar-refractivity contribution >= 4 is 29.1 Å². The lowest BCUT2D eigenvalue weighted by Crippen LogP contribution is -2.32. The number of ether oxygens (including phenoxy) is 1. The molecule has 2 aromatic carbocycles. The third kappa shape index (κ3) is 3.54. The molecule has 0 aliphatic carbocycles. The molecule has 1 saturated heterocycles. The Balaban J connectivity index is 2.14. The number of aliphatic hydroxyl groups excluding tert-OH is 2. The second-order valence-corrected chi connectivity index (χ2v) is 6.43. The maximum Gasteiger partial charge on any atom is 0.295 e. The molecule has 3 rings (SSSR count). The monoisotopic (exact) mass is 387 g/mol. The molecule has 1 amide bonds. The molecule has 0 bridgehead atoms. The first-order valence-electron chi connectivity index (χ1n) is 8.27. The summed E-state index contributed by atoms with van der Waals surface area (Å²) >= 11 is 5.94. The van der Waals surface area contributed by atoms with E-state index in [1.54, 1.807) is 48.5 Å². The fourth-order valence-electron chi connectivity index (χ4n) is 3.11. The summed E-state index contributed by atoms with van der Waals surface area (Å²) < 4.78 is 5.10. The Hall–Kier alpha value is -2.83. The van der Waals surface area contributed by atoms with Gasteiger partial charge in [0.1, 0.15) is 11.5 Å². The van der Waals surface area contributed by atoms with Crippen LogP contribution < -0.4 is 4.74 Å². The normalized spacial score (nSPS) is 18.8. The largest absolute Gasteiger partial charge is 0.507 e. The van der Waals surface area contributed by atoms with Gasteiger partial charge < -0.3 is 19.8 Å². The van der Waals surface area contributed by atoms with Gasteiger partial charge in [-0.3, -0.25) is 9.59 Å². The van der Waals surface area contributed by atoms with E-state index in [1.165, 1.54) is 12.0 Å². The topological polar surface area (TPSA) is 87.1 Å². The van der Waals surface area contributed by atoms with E-state index in [-0.39, 0.29) is 24.5 Å². The molecule has 1 fully saturated rings. The molecule has 7 heteroatoms. The van der Waals surface area contributed by atoms with Gasteiger partial charge >= 0.3 is 0 Å². The molecular weight excluding hydrogens is 370 g/mol. The van der Waals surface area contributed by atoms with Crippen molar-refractivity contribution in [3.63, 3.8) is 0 Å². The minimum absolute atomic E-state index is 0.0269. The number of benzene rings is 2. The zero-order valence-corrected chi connectivity index (χ0v) is 15.3. The Bertz CT molecular complexity index is 890. The number of β-amino-alcohol motifs (C(OH)–C–C–N with tert-alkyl or cyclic N) is 1. The number of amides is 1. The zero-order chi connectivity index (χ0) is 19.6. The molecule has 6 nitrogen and oxygen atoms in total. The van der Waals surface area contributed by atoms with Gasteiger partial charge in [0, 0.05) is 17.1 Å². The van der Waals surface area contributed by atoms with Crippen LogP contribution in [0.4, 0.5) is 0 Å². The minimum Gasteiger partial charge on any atom is -0.507 e. The molecule has 1 unspecified atom stereocenters. The number of ketones is 1. The average Bonchev–Trinajstić information content (AvgIpc) is 2.93. The third-order valence-electron chi connectivity index (χ3n) is 4.43. The van der Waals surface area contributed by atoms with Crippen LogP contribution in [0.2, 0.25) is 5.02 Å². The molecule has 2 aromatic rings. The van der Waals surface area contributed by atoms with Gasteiger partial charge in [-0.05, 0) is 42.0 Å². The van der Waals surface area contributed by atoms with E-state index in [0.717, 1.165) is 0 Å². The van der Waals surface area contributed by atoms with Gasteiger partial charge in [-0.15, -0.1) is 0 Å². The van der Waals surface area contributed by atoms with Crippen molar-refractivity contribution in [3.05, 3.63) is 70.3 Å². The number of nitrogens with zero attached hydrogens (tertiary/aromatic N) is 1. The van der Waals surface area contributed by atoms with E-state index in [0.29, 0.717) is 21.9 Å². The van der Waals surface area contributed by atoms with Crippen LogP contribution >= 0.6 is 11.6 Å². The Kier molecular flexibility index (Phi) is 5.48. The van der Waals surface area contributed by atoms with Gasteiger partial charge in [-0.2, -0.15) is 0 Å². The molecule has 140 valence electrons. The number of methoxy groups -OCH3 is 1. The average molecular weight is 388 g/mol. The van der Waals surface area contributed by atoms with Gasteiger partial charge in [0.2, 0.25) is 0 Å². The fourth-order valence-corrected chi connectivity index (χ4v) is 3.24. The predicted molar refractivity (Wildman–Crippen MR) is 101 cm³/mol. The van der Waals surface area contributed by atoms with Crippen LogP contribution in [-0.2, 0) is 9.59 Å². The minimum atomic E-state index is -0.809. The highest BCUT2D eigenvalue weighted by Crippen LogP contribution is 2.39. The predicted octanol–water partition coefficient (Wildman–Crippen LogP) is 2.76. The van der Waals surface area contributed by atoms with Gasteiger partial charge in [0.15, 0.2) is 0 Å². The standard InChI is InChI=1S/C20H18ClNO5/c1-27-15-8-4-13(5-9-15)18(24)16-17(12-2-6-14(21)7-3-12)22(10-11-23)20(26)19(16)25/h2-9,17,23-24H,10-11H2,1H3/b18-16+. The molecular formula is C20H18ClNO5. The molecule has 1 atom stereocenters. The number of halogens is 1. The first-order valence-corrected chi connectivity index (χ1v) is 8.65. The molecule has 1 aliphatic rings. The number of carbonyl (C=O) groups excluding carboxylic acids is 2. The zero-order valence-electron chi connectivity index (χ0n) is 14.6. The Morgan fingerprint density at radius 3 is 2.30 bits per heavy atom. The van der Waals surface area contributed by atoms with E-state index in [9.17, 15) is 19.8 Å². The summed E-state index contributed by atoms with van der Waals surface area (Å²) in [5, 5.41) is 20.6. The first-order chi connectivity index (χ1) is 13.0. The maximum absolute atomic E-state index is 12.6. The second-order valence-electron chi connectivity index (χ2n) is 6.00. The molecule has 0 saturated carbocycles. The van der Waals surface area contributed by atoms with Crippen molar-refractivity contribution in [2.24, 2.45) is 0 Å². The number of carbonyl (C=O) groups is 2. The first kappa shape index (κ1) is 18.9. The summed E-state index contributed by atoms with van der Waals surface area (Å²) in [6.07, 6.45) is 0. The molecule has 0 radical (unpaired) electrons. The van der Waals surface area contributed by atoms with Crippen molar-refractivity contribution in [2.75, 3.05) is 20.3 Å². The van der Waals surface area contributed by atoms with E-state index in [2.05, 4.69) is 0 Å². The highest BCUT2D eigenvalue weighted by atomic mass is 35.5. The van der Waals surface area contributed by atoms with E-state index in [1.807, 2.05) is 0 Å². The molecule has 1 heterocycles. The van der Waals surface area contributed by atoms with Crippen LogP contribution in [0.25, 0.3) is 5.76 Å². The second kappa shape index (κ2) is 7.82. The SMILES string of the molecule is COc1ccc(/C(O)=C2\C(=O)C(=O)N(CCO)C2c2ccc(Cl)cc2)cc1. The maximum atomic E-state index is 12.6. The molecule has 27 heavy (non-hydrogen) atoms. The van der Waals surface area contributed by atoms with E-state index >= 15 is 0 Å². The number of rotatable bonds is 5. The Morgan fingerprint density at radius 1 is 1.11 bits per heavy atom. The summed E-state index contributed by atoms with van der Waals surface area (Å²) in [5.41, 5.74) is 0.972. The van der Waals surface area contributed by atoms with Crippen molar-refractivity contribution < 1.29 is 24.5 Å². The third-order valence-corrected chi connectivity index (χ3v) is 4.68. The number of hydrogen-bond donors (Lipinski definition) is 2. The van der Waals surface area contributed by atoms with Crippen LogP contribution in [0.5, 0.6) is 5.75 Å². The van der Waals surface area contributed by atoms with Crippen LogP contribution in [-0.4, -0.2) is 47.1 Å². The number of Topliss-reactive ketones (excluding diaryl/α,β-unsaturated/α-hetero) is 1. The van der Waals surface area contributed by atoms with Gasteiger partial charge in [0.25, 0.3) is 11.7 Å². The van der Waals surface area contributed by atoms with Crippen molar-refractivity contribution in [2.45, 2.75) is 6.04 Å². The molecule has 0 spiro atoms. The Labute approximate surface area is 161 Å².